The predicted octanol–water partition coefficient (Wildman–Crippen LogP) is 2.41. The van der Waals surface area contributed by atoms with Crippen LogP contribution in [-0.2, 0) is 11.2 Å². The smallest absolute Gasteiger partial charge is 0.303 e. The summed E-state index contributed by atoms with van der Waals surface area (Å²) in [4.78, 5) is 41.7. The number of carbonyl (C=O) groups excluding carboxylic acids is 1. The van der Waals surface area contributed by atoms with Crippen LogP contribution < -0.4 is 5.56 Å². The molecule has 28 heavy (non-hydrogen) atoms. The summed E-state index contributed by atoms with van der Waals surface area (Å²) in [6.07, 6.45) is 4.53. The largest absolute Gasteiger partial charge is 0.481 e. The molecule has 0 aliphatic rings. The number of aliphatic carboxylic acids is 1. The lowest BCUT2D eigenvalue weighted by molar-refractivity contribution is -0.136. The Kier molecular flexibility index (Phi) is 4.11. The Labute approximate surface area is 159 Å². The minimum atomic E-state index is -0.910. The maximum atomic E-state index is 12.5. The van der Waals surface area contributed by atoms with Gasteiger partial charge in [-0.2, -0.15) is 0 Å². The molecule has 3 heterocycles. The second-order valence-electron chi connectivity index (χ2n) is 6.78. The Morgan fingerprint density at radius 2 is 2.11 bits per heavy atom. The molecule has 0 saturated heterocycles. The van der Waals surface area contributed by atoms with E-state index in [2.05, 4.69) is 9.97 Å². The predicted molar refractivity (Wildman–Crippen MR) is 103 cm³/mol. The average molecular weight is 378 g/mol. The fourth-order valence-electron chi connectivity index (χ4n) is 3.52. The van der Waals surface area contributed by atoms with Crippen LogP contribution in [0.25, 0.3) is 22.4 Å². The van der Waals surface area contributed by atoms with Gasteiger partial charge in [-0.05, 0) is 37.6 Å². The maximum absolute atomic E-state index is 12.5. The fourth-order valence-corrected chi connectivity index (χ4v) is 3.52. The molecule has 4 aromatic rings. The van der Waals surface area contributed by atoms with Crippen molar-refractivity contribution >= 4 is 28.9 Å². The molecule has 0 amide bonds. The number of benzene rings is 1. The number of aryl methyl sites for hydroxylation is 3. The van der Waals surface area contributed by atoms with Crippen LogP contribution in [0.2, 0.25) is 0 Å². The van der Waals surface area contributed by atoms with Gasteiger partial charge in [0.1, 0.15) is 0 Å². The van der Waals surface area contributed by atoms with E-state index in [1.54, 1.807) is 22.9 Å². The second-order valence-corrected chi connectivity index (χ2v) is 6.78. The van der Waals surface area contributed by atoms with E-state index in [1.165, 1.54) is 0 Å². The number of fused-ring (bicyclic) bond motifs is 3. The van der Waals surface area contributed by atoms with Crippen LogP contribution in [0.5, 0.6) is 0 Å². The van der Waals surface area contributed by atoms with Crippen LogP contribution in [0.4, 0.5) is 0 Å². The van der Waals surface area contributed by atoms with E-state index in [0.29, 0.717) is 16.8 Å². The van der Waals surface area contributed by atoms with Gasteiger partial charge >= 0.3 is 5.97 Å². The molecule has 0 radical (unpaired) electrons. The van der Waals surface area contributed by atoms with Crippen molar-refractivity contribution in [1.82, 2.24) is 18.9 Å². The SMILES string of the molecule is Cc1cc2[nH]c(=O)c3nc(CCC(=O)O)c(C)n3c2cc1-n1ccc(C=O)c1. The van der Waals surface area contributed by atoms with Crippen LogP contribution in [-0.4, -0.2) is 36.3 Å². The molecule has 2 N–H and O–H groups in total. The summed E-state index contributed by atoms with van der Waals surface area (Å²) in [6.45, 7) is 3.76. The molecule has 0 fully saturated rings. The molecule has 4 rings (SSSR count). The lowest BCUT2D eigenvalue weighted by Crippen LogP contribution is -2.12. The van der Waals surface area contributed by atoms with Crippen LogP contribution in [0.3, 0.4) is 0 Å². The van der Waals surface area contributed by atoms with Gasteiger partial charge in [0.2, 0.25) is 5.65 Å². The zero-order chi connectivity index (χ0) is 20.0. The first-order chi connectivity index (χ1) is 13.4. The summed E-state index contributed by atoms with van der Waals surface area (Å²) < 4.78 is 3.62. The summed E-state index contributed by atoms with van der Waals surface area (Å²) in [5, 5.41) is 8.95. The highest BCUT2D eigenvalue weighted by molar-refractivity contribution is 5.82. The Morgan fingerprint density at radius 3 is 2.79 bits per heavy atom. The third kappa shape index (κ3) is 2.79. The number of hydrogen-bond donors (Lipinski definition) is 2. The summed E-state index contributed by atoms with van der Waals surface area (Å²) in [6, 6.07) is 5.53. The van der Waals surface area contributed by atoms with E-state index in [9.17, 15) is 14.4 Å². The molecular formula is C20H18N4O4. The van der Waals surface area contributed by atoms with Gasteiger partial charge in [-0.3, -0.25) is 18.8 Å². The van der Waals surface area contributed by atoms with Crippen molar-refractivity contribution in [3.63, 3.8) is 0 Å². The first-order valence-corrected chi connectivity index (χ1v) is 8.79. The Balaban J connectivity index is 1.99. The minimum Gasteiger partial charge on any atom is -0.481 e. The number of H-pyrrole nitrogens is 1. The zero-order valence-corrected chi connectivity index (χ0v) is 15.4. The summed E-state index contributed by atoms with van der Waals surface area (Å²) in [7, 11) is 0. The fraction of sp³-hybridized carbons (Fsp3) is 0.200. The van der Waals surface area contributed by atoms with Crippen LogP contribution in [0.15, 0.2) is 35.4 Å². The lowest BCUT2D eigenvalue weighted by atomic mass is 10.1. The third-order valence-corrected chi connectivity index (χ3v) is 4.92. The highest BCUT2D eigenvalue weighted by Crippen LogP contribution is 2.24. The van der Waals surface area contributed by atoms with Crippen molar-refractivity contribution in [2.75, 3.05) is 0 Å². The number of aromatic amines is 1. The number of rotatable bonds is 5. The van der Waals surface area contributed by atoms with Crippen LogP contribution >= 0.6 is 0 Å². The number of nitrogens with zero attached hydrogens (tertiary/aromatic N) is 3. The molecule has 8 heteroatoms. The zero-order valence-electron chi connectivity index (χ0n) is 15.4. The Hall–Kier alpha value is -3.68. The van der Waals surface area contributed by atoms with E-state index >= 15 is 0 Å². The first kappa shape index (κ1) is 17.7. The van der Waals surface area contributed by atoms with Crippen molar-refractivity contribution in [2.24, 2.45) is 0 Å². The first-order valence-electron chi connectivity index (χ1n) is 8.79. The van der Waals surface area contributed by atoms with Crippen molar-refractivity contribution < 1.29 is 14.7 Å². The van der Waals surface area contributed by atoms with E-state index < -0.39 is 5.97 Å². The Morgan fingerprint density at radius 1 is 1.32 bits per heavy atom. The van der Waals surface area contributed by atoms with Crippen molar-refractivity contribution in [2.45, 2.75) is 26.7 Å². The van der Waals surface area contributed by atoms with Gasteiger partial charge in [0.25, 0.3) is 5.56 Å². The highest BCUT2D eigenvalue weighted by atomic mass is 16.4. The second kappa shape index (κ2) is 6.49. The van der Waals surface area contributed by atoms with Gasteiger partial charge in [0.15, 0.2) is 6.29 Å². The number of nitrogens with one attached hydrogen (secondary N) is 1. The van der Waals surface area contributed by atoms with Gasteiger partial charge in [0, 0.05) is 30.1 Å². The molecule has 0 unspecified atom stereocenters. The van der Waals surface area contributed by atoms with Gasteiger partial charge in [-0.25, -0.2) is 4.98 Å². The number of imidazole rings is 1. The van der Waals surface area contributed by atoms with E-state index in [-0.39, 0.29) is 24.0 Å². The normalized spacial score (nSPS) is 11.4. The monoisotopic (exact) mass is 378 g/mol. The molecule has 0 aliphatic heterocycles. The summed E-state index contributed by atoms with van der Waals surface area (Å²) >= 11 is 0. The quantitative estimate of drug-likeness (QED) is 0.518. The molecule has 8 nitrogen and oxygen atoms in total. The summed E-state index contributed by atoms with van der Waals surface area (Å²) in [5.74, 6) is -0.910. The number of aldehydes is 1. The number of carbonyl (C=O) groups is 2. The standard InChI is InChI=1S/C20H18N4O4/c1-11-7-15-17(8-16(11)23-6-5-13(9-23)10-25)24-12(2)14(3-4-18(26)27)21-19(24)20(28)22-15/h5-10H,3-4H2,1-2H3,(H,22,28)(H,26,27). The molecule has 0 aliphatic carbocycles. The van der Waals surface area contributed by atoms with Gasteiger partial charge < -0.3 is 14.7 Å². The van der Waals surface area contributed by atoms with E-state index in [4.69, 9.17) is 5.11 Å². The average Bonchev–Trinajstić information content (AvgIpc) is 3.25. The number of aromatic nitrogens is 4. The minimum absolute atomic E-state index is 0.0528. The maximum Gasteiger partial charge on any atom is 0.303 e. The molecule has 3 aromatic heterocycles. The van der Waals surface area contributed by atoms with Gasteiger partial charge in [-0.15, -0.1) is 0 Å². The van der Waals surface area contributed by atoms with Crippen molar-refractivity contribution in [1.29, 1.82) is 0 Å². The van der Waals surface area contributed by atoms with Crippen molar-refractivity contribution in [3.8, 4) is 5.69 Å². The van der Waals surface area contributed by atoms with E-state index in [1.807, 2.05) is 30.5 Å². The number of carboxylic acids is 1. The Bertz CT molecular complexity index is 1310. The molecule has 0 atom stereocenters. The van der Waals surface area contributed by atoms with Crippen LogP contribution in [0, 0.1) is 13.8 Å². The molecule has 0 spiro atoms. The lowest BCUT2D eigenvalue weighted by Gasteiger charge is -2.11. The molecular weight excluding hydrogens is 360 g/mol. The molecule has 0 saturated carbocycles. The number of carboxylic acid groups (broad SMARTS) is 1. The molecule has 0 bridgehead atoms. The topological polar surface area (TPSA) is 109 Å². The van der Waals surface area contributed by atoms with Crippen LogP contribution in [0.1, 0.15) is 33.7 Å². The summed E-state index contributed by atoms with van der Waals surface area (Å²) in [5.41, 5.74) is 5.02. The number of hydrogen-bond acceptors (Lipinski definition) is 4. The molecule has 1 aromatic carbocycles. The van der Waals surface area contributed by atoms with Crippen molar-refractivity contribution in [3.05, 3.63) is 63.5 Å². The van der Waals surface area contributed by atoms with Gasteiger partial charge in [0.05, 0.1) is 28.8 Å². The molecule has 142 valence electrons. The van der Waals surface area contributed by atoms with E-state index in [0.717, 1.165) is 28.7 Å². The van der Waals surface area contributed by atoms with Gasteiger partial charge in [-0.1, -0.05) is 0 Å². The third-order valence-electron chi connectivity index (χ3n) is 4.92. The highest BCUT2D eigenvalue weighted by Gasteiger charge is 2.16.